The van der Waals surface area contributed by atoms with Crippen LogP contribution in [0.2, 0.25) is 0 Å². The number of rotatable bonds is 7. The summed E-state index contributed by atoms with van der Waals surface area (Å²) in [6.07, 6.45) is 0.926. The predicted molar refractivity (Wildman–Crippen MR) is 78.1 cm³/mol. The van der Waals surface area contributed by atoms with Crippen LogP contribution in [0.5, 0.6) is 5.75 Å². The van der Waals surface area contributed by atoms with Crippen LogP contribution in [0, 0.1) is 0 Å². The Hall–Kier alpha value is -1.31. The number of nitrogens with two attached hydrogens (primary N) is 1. The maximum atomic E-state index is 12.3. The molecule has 1 aromatic carbocycles. The Morgan fingerprint density at radius 3 is 2.45 bits per heavy atom. The average molecular weight is 302 g/mol. The van der Waals surface area contributed by atoms with Crippen molar-refractivity contribution < 1.29 is 18.3 Å². The molecular weight excluding hydrogens is 280 g/mol. The molecule has 0 saturated heterocycles. The van der Waals surface area contributed by atoms with Crippen LogP contribution in [0.3, 0.4) is 0 Å². The lowest BCUT2D eigenvalue weighted by molar-refractivity contribution is 0.0377. The van der Waals surface area contributed by atoms with Crippen LogP contribution in [0.4, 0.5) is 5.69 Å². The first-order valence-electron chi connectivity index (χ1n) is 6.43. The van der Waals surface area contributed by atoms with Crippen molar-refractivity contribution in [2.75, 3.05) is 19.4 Å². The fourth-order valence-electron chi connectivity index (χ4n) is 1.71. The minimum absolute atomic E-state index is 0.00348. The Morgan fingerprint density at radius 1 is 1.35 bits per heavy atom. The van der Waals surface area contributed by atoms with E-state index < -0.39 is 15.6 Å². The smallest absolute Gasteiger partial charge is 0.244 e. The highest BCUT2D eigenvalue weighted by molar-refractivity contribution is 7.89. The Kier molecular flexibility index (Phi) is 5.38. The number of hydrogen-bond acceptors (Lipinski definition) is 5. The maximum absolute atomic E-state index is 12.3. The van der Waals surface area contributed by atoms with Crippen molar-refractivity contribution in [1.82, 2.24) is 4.72 Å². The molecule has 0 atom stereocenters. The molecule has 0 aliphatic carbocycles. The molecule has 0 aromatic heterocycles. The Morgan fingerprint density at radius 2 is 1.95 bits per heavy atom. The summed E-state index contributed by atoms with van der Waals surface area (Å²) in [4.78, 5) is 0.00348. The van der Waals surface area contributed by atoms with Crippen LogP contribution in [-0.2, 0) is 10.0 Å². The fourth-order valence-corrected chi connectivity index (χ4v) is 2.98. The maximum Gasteiger partial charge on any atom is 0.244 e. The molecule has 0 aliphatic rings. The third-order valence-corrected chi connectivity index (χ3v) is 4.83. The molecule has 0 amide bonds. The average Bonchev–Trinajstić information content (AvgIpc) is 2.44. The zero-order valence-electron chi connectivity index (χ0n) is 12.0. The van der Waals surface area contributed by atoms with Gasteiger partial charge in [-0.3, -0.25) is 0 Å². The first-order chi connectivity index (χ1) is 9.28. The normalized spacial score (nSPS) is 12.4. The minimum Gasteiger partial charge on any atom is -0.495 e. The van der Waals surface area contributed by atoms with E-state index in [9.17, 15) is 13.5 Å². The monoisotopic (exact) mass is 302 g/mol. The third kappa shape index (κ3) is 3.84. The number of ether oxygens (including phenoxy) is 1. The van der Waals surface area contributed by atoms with Crippen molar-refractivity contribution >= 4 is 15.7 Å². The SMILES string of the molecule is CCC(O)(CC)CNS(=O)(=O)c1ccc(N)cc1OC. The van der Waals surface area contributed by atoms with Crippen molar-refractivity contribution in [2.24, 2.45) is 0 Å². The second kappa shape index (κ2) is 6.43. The molecular formula is C13H22N2O4S. The molecule has 0 aliphatic heterocycles. The van der Waals surface area contributed by atoms with E-state index in [-0.39, 0.29) is 17.2 Å². The molecule has 0 radical (unpaired) electrons. The van der Waals surface area contributed by atoms with E-state index >= 15 is 0 Å². The molecule has 0 saturated carbocycles. The first-order valence-corrected chi connectivity index (χ1v) is 7.92. The third-order valence-electron chi connectivity index (χ3n) is 3.38. The molecule has 7 heteroatoms. The molecule has 0 heterocycles. The molecule has 20 heavy (non-hydrogen) atoms. The summed E-state index contributed by atoms with van der Waals surface area (Å²) in [5.74, 6) is 0.175. The van der Waals surface area contributed by atoms with Crippen LogP contribution in [-0.4, -0.2) is 32.8 Å². The van der Waals surface area contributed by atoms with Gasteiger partial charge < -0.3 is 15.6 Å². The van der Waals surface area contributed by atoms with E-state index in [2.05, 4.69) is 4.72 Å². The van der Waals surface area contributed by atoms with Gasteiger partial charge in [-0.25, -0.2) is 13.1 Å². The highest BCUT2D eigenvalue weighted by atomic mass is 32.2. The van der Waals surface area contributed by atoms with Crippen LogP contribution in [0.1, 0.15) is 26.7 Å². The lowest BCUT2D eigenvalue weighted by Crippen LogP contribution is -2.42. The largest absolute Gasteiger partial charge is 0.495 e. The predicted octanol–water partition coefficient (Wildman–Crippen LogP) is 1.11. The first kappa shape index (κ1) is 16.7. The Bertz CT molecular complexity index is 553. The number of nitrogen functional groups attached to an aromatic ring is 1. The Labute approximate surface area is 120 Å². The van der Waals surface area contributed by atoms with Crippen molar-refractivity contribution in [3.8, 4) is 5.75 Å². The lowest BCUT2D eigenvalue weighted by atomic mass is 9.98. The Balaban J connectivity index is 3.00. The number of hydrogen-bond donors (Lipinski definition) is 3. The van der Waals surface area contributed by atoms with Crippen LogP contribution in [0.25, 0.3) is 0 Å². The molecule has 1 aromatic rings. The standard InChI is InChI=1S/C13H22N2O4S/c1-4-13(16,5-2)9-15-20(17,18)12-7-6-10(14)8-11(12)19-3/h6-8,15-16H,4-5,9,14H2,1-3H3. The molecule has 1 rings (SSSR count). The quantitative estimate of drug-likeness (QED) is 0.655. The van der Waals surface area contributed by atoms with Crippen LogP contribution < -0.4 is 15.2 Å². The van der Waals surface area contributed by atoms with Gasteiger partial charge in [0, 0.05) is 18.3 Å². The van der Waals surface area contributed by atoms with Gasteiger partial charge in [0.2, 0.25) is 10.0 Å². The number of benzene rings is 1. The molecule has 4 N–H and O–H groups in total. The summed E-state index contributed by atoms with van der Waals surface area (Å²) in [5, 5.41) is 10.1. The number of nitrogens with one attached hydrogen (secondary N) is 1. The van der Waals surface area contributed by atoms with Crippen molar-refractivity contribution in [2.45, 2.75) is 37.2 Å². The van der Waals surface area contributed by atoms with E-state index in [0.717, 1.165) is 0 Å². The van der Waals surface area contributed by atoms with Gasteiger partial charge in [-0.2, -0.15) is 0 Å². The van der Waals surface area contributed by atoms with Gasteiger partial charge in [-0.05, 0) is 25.0 Å². The van der Waals surface area contributed by atoms with E-state index in [4.69, 9.17) is 10.5 Å². The molecule has 0 fully saturated rings. The molecule has 0 bridgehead atoms. The van der Waals surface area contributed by atoms with Crippen LogP contribution >= 0.6 is 0 Å². The number of aliphatic hydroxyl groups is 1. The van der Waals surface area contributed by atoms with Gasteiger partial charge in [0.15, 0.2) is 0 Å². The van der Waals surface area contributed by atoms with Gasteiger partial charge in [0.05, 0.1) is 12.7 Å². The van der Waals surface area contributed by atoms with E-state index in [1.165, 1.54) is 25.3 Å². The van der Waals surface area contributed by atoms with E-state index in [1.807, 2.05) is 13.8 Å². The van der Waals surface area contributed by atoms with Crippen LogP contribution in [0.15, 0.2) is 23.1 Å². The summed E-state index contributed by atoms with van der Waals surface area (Å²) in [6, 6.07) is 4.32. The minimum atomic E-state index is -3.76. The lowest BCUT2D eigenvalue weighted by Gasteiger charge is -2.25. The summed E-state index contributed by atoms with van der Waals surface area (Å²) in [6.45, 7) is 3.57. The summed E-state index contributed by atoms with van der Waals surface area (Å²) in [5.41, 5.74) is 4.97. The second-order valence-corrected chi connectivity index (χ2v) is 6.40. The molecule has 0 spiro atoms. The van der Waals surface area contributed by atoms with Gasteiger partial charge in [0.25, 0.3) is 0 Å². The van der Waals surface area contributed by atoms with Gasteiger partial charge in [-0.1, -0.05) is 13.8 Å². The number of sulfonamides is 1. The number of anilines is 1. The fraction of sp³-hybridized carbons (Fsp3) is 0.538. The highest BCUT2D eigenvalue weighted by Gasteiger charge is 2.27. The summed E-state index contributed by atoms with van der Waals surface area (Å²) in [7, 11) is -2.39. The summed E-state index contributed by atoms with van der Waals surface area (Å²) >= 11 is 0. The molecule has 6 nitrogen and oxygen atoms in total. The van der Waals surface area contributed by atoms with Gasteiger partial charge in [0.1, 0.15) is 10.6 Å². The van der Waals surface area contributed by atoms with Gasteiger partial charge >= 0.3 is 0 Å². The number of methoxy groups -OCH3 is 1. The zero-order valence-corrected chi connectivity index (χ0v) is 12.8. The van der Waals surface area contributed by atoms with Crippen molar-refractivity contribution in [3.05, 3.63) is 18.2 Å². The van der Waals surface area contributed by atoms with Crippen molar-refractivity contribution in [3.63, 3.8) is 0 Å². The molecule has 114 valence electrons. The van der Waals surface area contributed by atoms with Crippen molar-refractivity contribution in [1.29, 1.82) is 0 Å². The van der Waals surface area contributed by atoms with Gasteiger partial charge in [-0.15, -0.1) is 0 Å². The van der Waals surface area contributed by atoms with E-state index in [0.29, 0.717) is 18.5 Å². The van der Waals surface area contributed by atoms with E-state index in [1.54, 1.807) is 0 Å². The second-order valence-electron chi connectivity index (χ2n) is 4.67. The topological polar surface area (TPSA) is 102 Å². The molecule has 0 unspecified atom stereocenters. The summed E-state index contributed by atoms with van der Waals surface area (Å²) < 4.78 is 32.0. The zero-order chi connectivity index (χ0) is 15.4. The highest BCUT2D eigenvalue weighted by Crippen LogP contribution is 2.26.